The summed E-state index contributed by atoms with van der Waals surface area (Å²) in [7, 11) is 3.11. The lowest BCUT2D eigenvalue weighted by atomic mass is 9.66. The molecule has 0 N–H and O–H groups in total. The fraction of sp³-hybridized carbons (Fsp3) is 0.226. The average molecular weight is 512 g/mol. The van der Waals surface area contributed by atoms with Gasteiger partial charge in [-0.15, -0.1) is 0 Å². The van der Waals surface area contributed by atoms with Crippen molar-refractivity contribution in [3.05, 3.63) is 118 Å². The molecule has 4 rings (SSSR count). The second-order valence-electron chi connectivity index (χ2n) is 9.16. The first-order valence-electron chi connectivity index (χ1n) is 12.3. The summed E-state index contributed by atoms with van der Waals surface area (Å²) in [6, 6.07) is 22.2. The van der Waals surface area contributed by atoms with Gasteiger partial charge in [0.25, 0.3) is 0 Å². The fourth-order valence-electron chi connectivity index (χ4n) is 4.95. The third-order valence-electron chi connectivity index (χ3n) is 6.92. The van der Waals surface area contributed by atoms with Crippen LogP contribution in [0.5, 0.6) is 11.5 Å². The molecule has 0 aromatic heterocycles. The number of Topliss-reactive ketones (excluding diaryl/α,β-unsaturated/α-hetero) is 1. The van der Waals surface area contributed by atoms with Gasteiger partial charge >= 0.3 is 0 Å². The molecule has 3 aromatic rings. The van der Waals surface area contributed by atoms with Crippen molar-refractivity contribution < 1.29 is 24.0 Å². The fourth-order valence-corrected chi connectivity index (χ4v) is 4.95. The van der Waals surface area contributed by atoms with E-state index in [4.69, 9.17) is 9.47 Å². The van der Waals surface area contributed by atoms with Crippen LogP contribution >= 0.6 is 0 Å². The smallest absolute Gasteiger partial charge is 0.227 e. The van der Waals surface area contributed by atoms with Crippen molar-refractivity contribution in [2.45, 2.75) is 18.4 Å². The normalized spacial score (nSPS) is 21.5. The molecule has 0 heterocycles. The Morgan fingerprint density at radius 2 is 1.45 bits per heavy atom. The highest BCUT2D eigenvalue weighted by Gasteiger charge is 2.52. The Kier molecular flexibility index (Phi) is 8.48. The van der Waals surface area contributed by atoms with Gasteiger partial charge in [0.05, 0.1) is 32.0 Å². The molecule has 3 aromatic carbocycles. The Morgan fingerprint density at radius 1 is 0.868 bits per heavy atom. The number of ketones is 2. The lowest BCUT2D eigenvalue weighted by molar-refractivity contribution is -0.536. The van der Waals surface area contributed by atoms with E-state index in [2.05, 4.69) is 0 Å². The molecule has 0 spiro atoms. The minimum absolute atomic E-state index is 0.0968. The van der Waals surface area contributed by atoms with E-state index in [0.717, 1.165) is 11.1 Å². The van der Waals surface area contributed by atoms with Crippen LogP contribution in [-0.4, -0.2) is 36.8 Å². The van der Waals surface area contributed by atoms with Gasteiger partial charge in [-0.25, -0.2) is 0 Å². The Hall–Kier alpha value is -4.52. The van der Waals surface area contributed by atoms with Crippen LogP contribution in [0.25, 0.3) is 12.2 Å². The lowest BCUT2D eigenvalue weighted by Gasteiger charge is -2.35. The molecular weight excluding hydrogens is 482 g/mol. The van der Waals surface area contributed by atoms with E-state index in [1.54, 1.807) is 81.0 Å². The number of carbonyl (C=O) groups excluding carboxylic acids is 2. The van der Waals surface area contributed by atoms with Gasteiger partial charge in [0.1, 0.15) is 17.3 Å². The van der Waals surface area contributed by atoms with Crippen molar-refractivity contribution in [1.82, 2.24) is 0 Å². The van der Waals surface area contributed by atoms with Crippen molar-refractivity contribution >= 4 is 23.7 Å². The Balaban J connectivity index is 1.70. The third kappa shape index (κ3) is 6.06. The zero-order valence-corrected chi connectivity index (χ0v) is 21.2. The van der Waals surface area contributed by atoms with Gasteiger partial charge in [-0.1, -0.05) is 72.8 Å². The summed E-state index contributed by atoms with van der Waals surface area (Å²) in [4.78, 5) is 39.0. The van der Waals surface area contributed by atoms with E-state index in [0.29, 0.717) is 17.1 Å². The maximum absolute atomic E-state index is 13.5. The van der Waals surface area contributed by atoms with Crippen molar-refractivity contribution in [2.75, 3.05) is 14.2 Å². The van der Waals surface area contributed by atoms with E-state index < -0.39 is 29.6 Å². The second-order valence-corrected chi connectivity index (χ2v) is 9.16. The summed E-state index contributed by atoms with van der Waals surface area (Å²) in [5.74, 6) is -2.22. The van der Waals surface area contributed by atoms with Crippen LogP contribution in [0.1, 0.15) is 29.0 Å². The number of rotatable bonds is 9. The van der Waals surface area contributed by atoms with Crippen LogP contribution in [0.15, 0.2) is 91.0 Å². The maximum atomic E-state index is 13.5. The van der Waals surface area contributed by atoms with Crippen molar-refractivity contribution in [3.63, 3.8) is 0 Å². The van der Waals surface area contributed by atoms with Gasteiger partial charge in [0.2, 0.25) is 6.04 Å². The highest BCUT2D eigenvalue weighted by atomic mass is 16.6. The van der Waals surface area contributed by atoms with Gasteiger partial charge in [0.15, 0.2) is 5.78 Å². The predicted molar refractivity (Wildman–Crippen MR) is 146 cm³/mol. The molecule has 0 aliphatic heterocycles. The van der Waals surface area contributed by atoms with E-state index >= 15 is 0 Å². The van der Waals surface area contributed by atoms with Gasteiger partial charge in [0, 0.05) is 11.3 Å². The number of carbonyl (C=O) groups is 2. The first-order valence-corrected chi connectivity index (χ1v) is 12.3. The number of allylic oxidation sites excluding steroid dienone is 1. The number of nitrogens with zero attached hydrogens (tertiary/aromatic N) is 1. The van der Waals surface area contributed by atoms with Crippen LogP contribution in [-0.2, 0) is 9.59 Å². The number of hydrogen-bond acceptors (Lipinski definition) is 6. The van der Waals surface area contributed by atoms with E-state index in [9.17, 15) is 19.7 Å². The van der Waals surface area contributed by atoms with Crippen LogP contribution in [0.3, 0.4) is 0 Å². The summed E-state index contributed by atoms with van der Waals surface area (Å²) in [6.07, 6.45) is 6.26. The first kappa shape index (κ1) is 26.5. The predicted octanol–water partition coefficient (Wildman–Crippen LogP) is 5.63. The monoisotopic (exact) mass is 511 g/mol. The highest BCUT2D eigenvalue weighted by molar-refractivity contribution is 6.10. The first-order chi connectivity index (χ1) is 18.4. The zero-order chi connectivity index (χ0) is 27.1. The Morgan fingerprint density at radius 3 is 2.03 bits per heavy atom. The number of benzene rings is 3. The molecule has 1 fully saturated rings. The number of hydrogen-bond donors (Lipinski definition) is 0. The van der Waals surface area contributed by atoms with Gasteiger partial charge in [-0.05, 0) is 47.0 Å². The third-order valence-corrected chi connectivity index (χ3v) is 6.92. The van der Waals surface area contributed by atoms with E-state index in [1.165, 1.54) is 6.08 Å². The van der Waals surface area contributed by atoms with Gasteiger partial charge in [-0.2, -0.15) is 0 Å². The molecule has 38 heavy (non-hydrogen) atoms. The second kappa shape index (κ2) is 12.1. The van der Waals surface area contributed by atoms with Gasteiger partial charge < -0.3 is 9.47 Å². The average Bonchev–Trinajstić information content (AvgIpc) is 2.95. The molecule has 7 heteroatoms. The quantitative estimate of drug-likeness (QED) is 0.160. The van der Waals surface area contributed by atoms with Gasteiger partial charge in [-0.3, -0.25) is 19.7 Å². The zero-order valence-electron chi connectivity index (χ0n) is 21.2. The molecule has 0 amide bonds. The van der Waals surface area contributed by atoms with Crippen molar-refractivity contribution in [3.8, 4) is 11.5 Å². The van der Waals surface area contributed by atoms with Crippen molar-refractivity contribution in [2.24, 2.45) is 11.8 Å². The van der Waals surface area contributed by atoms with Crippen LogP contribution in [0.2, 0.25) is 0 Å². The number of ether oxygens (including phenoxy) is 2. The highest BCUT2D eigenvalue weighted by Crippen LogP contribution is 2.41. The van der Waals surface area contributed by atoms with Crippen LogP contribution < -0.4 is 9.47 Å². The summed E-state index contributed by atoms with van der Waals surface area (Å²) in [5.41, 5.74) is 2.24. The Bertz CT molecular complexity index is 1330. The maximum Gasteiger partial charge on any atom is 0.227 e. The topological polar surface area (TPSA) is 95.7 Å². The Labute approximate surface area is 221 Å². The van der Waals surface area contributed by atoms with E-state index in [-0.39, 0.29) is 17.1 Å². The molecule has 194 valence electrons. The molecule has 1 saturated carbocycles. The SMILES string of the molecule is COc1ccc(/C=C/C(=O)C2C(=O)CC(c3ccc(OC)cc3)C([N+](=O)[O-])C2C=Cc2ccccc2)cc1. The molecule has 4 unspecified atom stereocenters. The molecule has 1 aliphatic carbocycles. The molecule has 0 radical (unpaired) electrons. The molecule has 1 aliphatic rings. The molecule has 0 bridgehead atoms. The summed E-state index contributed by atoms with van der Waals surface area (Å²) >= 11 is 0. The lowest BCUT2D eigenvalue weighted by Crippen LogP contribution is -2.48. The summed E-state index contributed by atoms with van der Waals surface area (Å²) < 4.78 is 10.4. The van der Waals surface area contributed by atoms with Crippen LogP contribution in [0, 0.1) is 22.0 Å². The number of nitro groups is 1. The summed E-state index contributed by atoms with van der Waals surface area (Å²) in [5, 5.41) is 12.5. The largest absolute Gasteiger partial charge is 0.497 e. The van der Waals surface area contributed by atoms with Crippen LogP contribution in [0.4, 0.5) is 0 Å². The standard InChI is InChI=1S/C31H29NO6/c1-37-24-14-8-22(9-15-24)11-19-28(33)30-26(18-10-21-6-4-3-5-7-21)31(32(35)36)27(20-29(30)34)23-12-16-25(38-2)17-13-23/h3-19,26-27,30-31H,20H2,1-2H3/b18-10?,19-11+. The molecule has 4 atom stereocenters. The molecule has 7 nitrogen and oxygen atoms in total. The molecular formula is C31H29NO6. The van der Waals surface area contributed by atoms with Crippen molar-refractivity contribution in [1.29, 1.82) is 0 Å². The molecule has 0 saturated heterocycles. The minimum atomic E-state index is -1.16. The number of methoxy groups -OCH3 is 2. The summed E-state index contributed by atoms with van der Waals surface area (Å²) in [6.45, 7) is 0. The van der Waals surface area contributed by atoms with E-state index in [1.807, 2.05) is 30.3 Å². The minimum Gasteiger partial charge on any atom is -0.497 e.